The molecule has 1 heteroatoms. The minimum atomic E-state index is 1.62. The van der Waals surface area contributed by atoms with E-state index in [0.29, 0.717) is 0 Å². The standard InChI is InChI=1S/C17HN/c1-2-3-4-5-6-7-8-9-10-11-12-13-14-15-16-17-18/h1H. The number of nitrogens with zero attached hydrogens (tertiary/aromatic N) is 1. The smallest absolute Gasteiger partial charge is 0.153 e. The lowest BCUT2D eigenvalue weighted by Gasteiger charge is -1.55. The average Bonchev–Trinajstić information content (AvgIpc) is 2.39. The molecule has 0 unspecified atom stereocenters. The summed E-state index contributed by atoms with van der Waals surface area (Å²) in [6.07, 6.45) is 4.88. The molecule has 0 aliphatic carbocycles. The predicted molar refractivity (Wildman–Crippen MR) is 68.9 cm³/mol. The van der Waals surface area contributed by atoms with Gasteiger partial charge in [0, 0.05) is 47.4 Å². The first kappa shape index (κ1) is 14.0. The molecule has 0 bridgehead atoms. The quantitative estimate of drug-likeness (QED) is 0.533. The van der Waals surface area contributed by atoms with Crippen LogP contribution < -0.4 is 0 Å². The summed E-state index contributed by atoms with van der Waals surface area (Å²) in [5, 5.41) is 8.06. The minimum absolute atomic E-state index is 1.62. The zero-order valence-corrected chi connectivity index (χ0v) is 9.02. The topological polar surface area (TPSA) is 23.8 Å². The Kier molecular flexibility index (Phi) is 10.1. The molecule has 0 rings (SSSR count). The maximum atomic E-state index is 8.06. The van der Waals surface area contributed by atoms with Gasteiger partial charge in [-0.25, -0.2) is 0 Å². The van der Waals surface area contributed by atoms with E-state index in [4.69, 9.17) is 11.7 Å². The number of terminal acetylenes is 1. The molecule has 0 spiro atoms. The van der Waals surface area contributed by atoms with Crippen molar-refractivity contribution in [2.24, 2.45) is 0 Å². The highest BCUT2D eigenvalue weighted by Gasteiger charge is 1.57. The second kappa shape index (κ2) is 13.0. The van der Waals surface area contributed by atoms with Crippen LogP contribution in [0, 0.1) is 107 Å². The summed E-state index contributed by atoms with van der Waals surface area (Å²) in [6, 6.07) is 1.62. The van der Waals surface area contributed by atoms with Crippen molar-refractivity contribution in [3.8, 4) is 101 Å². The van der Waals surface area contributed by atoms with Crippen molar-refractivity contribution in [1.82, 2.24) is 0 Å². The maximum absolute atomic E-state index is 8.06. The van der Waals surface area contributed by atoms with Gasteiger partial charge in [0.15, 0.2) is 6.07 Å². The Morgan fingerprint density at radius 1 is 0.444 bits per heavy atom. The first-order valence-corrected chi connectivity index (χ1v) is 4.26. The summed E-state index contributed by atoms with van der Waals surface area (Å²) in [4.78, 5) is 0. The normalized spacial score (nSPS) is 3.67. The van der Waals surface area contributed by atoms with Gasteiger partial charge >= 0.3 is 0 Å². The van der Waals surface area contributed by atoms with Gasteiger partial charge in [0.1, 0.15) is 0 Å². The Morgan fingerprint density at radius 3 is 1.00 bits per heavy atom. The van der Waals surface area contributed by atoms with Crippen molar-refractivity contribution >= 4 is 0 Å². The lowest BCUT2D eigenvalue weighted by Crippen LogP contribution is -1.55. The molecule has 0 amide bonds. The van der Waals surface area contributed by atoms with Gasteiger partial charge in [-0.1, -0.05) is 0 Å². The third-order valence-corrected chi connectivity index (χ3v) is 0.941. The Balaban J connectivity index is 4.31. The number of nitriles is 1. The molecule has 0 saturated heterocycles. The van der Waals surface area contributed by atoms with E-state index < -0.39 is 0 Å². The van der Waals surface area contributed by atoms with Crippen molar-refractivity contribution in [2.45, 2.75) is 0 Å². The molecule has 0 aliphatic rings. The van der Waals surface area contributed by atoms with Gasteiger partial charge in [0.25, 0.3) is 0 Å². The van der Waals surface area contributed by atoms with E-state index in [-0.39, 0.29) is 0 Å². The molecular weight excluding hydrogens is 218 g/mol. The van der Waals surface area contributed by atoms with E-state index in [9.17, 15) is 0 Å². The molecule has 0 fully saturated rings. The molecule has 0 aromatic carbocycles. The fourth-order valence-corrected chi connectivity index (χ4v) is 0.439. The summed E-state index contributed by atoms with van der Waals surface area (Å²) in [6.45, 7) is 0. The van der Waals surface area contributed by atoms with E-state index >= 15 is 0 Å². The van der Waals surface area contributed by atoms with Gasteiger partial charge < -0.3 is 0 Å². The lowest BCUT2D eigenvalue weighted by atomic mass is 10.5. The Morgan fingerprint density at radius 2 is 0.722 bits per heavy atom. The van der Waals surface area contributed by atoms with Gasteiger partial charge in [-0.3, -0.25) is 0 Å². The van der Waals surface area contributed by atoms with Gasteiger partial charge in [0.2, 0.25) is 0 Å². The molecule has 0 atom stereocenters. The zero-order chi connectivity index (χ0) is 13.3. The van der Waals surface area contributed by atoms with Crippen LogP contribution in [0.15, 0.2) is 0 Å². The van der Waals surface area contributed by atoms with Crippen LogP contribution in [-0.4, -0.2) is 0 Å². The van der Waals surface area contributed by atoms with Crippen LogP contribution in [0.25, 0.3) is 0 Å². The van der Waals surface area contributed by atoms with Crippen molar-refractivity contribution in [3.63, 3.8) is 0 Å². The monoisotopic (exact) mass is 219 g/mol. The van der Waals surface area contributed by atoms with Gasteiger partial charge in [-0.2, -0.15) is 5.26 Å². The molecule has 0 aromatic heterocycles. The van der Waals surface area contributed by atoms with Crippen LogP contribution in [-0.2, 0) is 0 Å². The Hall–Kier alpha value is -4.03. The summed E-state index contributed by atoms with van der Waals surface area (Å²) in [7, 11) is 0. The van der Waals surface area contributed by atoms with Crippen molar-refractivity contribution < 1.29 is 0 Å². The third-order valence-electron chi connectivity index (χ3n) is 0.941. The predicted octanol–water partition coefficient (Wildman–Crippen LogP) is 0.167. The largest absolute Gasteiger partial charge is 0.183 e. The second-order valence-corrected chi connectivity index (χ2v) is 2.01. The van der Waals surface area contributed by atoms with Crippen LogP contribution in [0.5, 0.6) is 0 Å². The van der Waals surface area contributed by atoms with E-state index in [0.717, 1.165) is 0 Å². The SMILES string of the molecule is C#CC#CC#CC#CC#CC#CC#CC#CC#N. The molecule has 1 nitrogen and oxygen atoms in total. The molecule has 0 saturated carbocycles. The highest BCUT2D eigenvalue weighted by molar-refractivity contribution is 5.46. The van der Waals surface area contributed by atoms with Gasteiger partial charge in [-0.05, 0) is 41.4 Å². The second-order valence-electron chi connectivity index (χ2n) is 2.01. The van der Waals surface area contributed by atoms with Crippen LogP contribution in [0.3, 0.4) is 0 Å². The molecule has 0 radical (unpaired) electrons. The summed E-state index contributed by atoms with van der Waals surface area (Å²) >= 11 is 0. The molecular formula is C17HN. The molecule has 18 heavy (non-hydrogen) atoms. The fraction of sp³-hybridized carbons (Fsp3) is 0. The van der Waals surface area contributed by atoms with Crippen LogP contribution >= 0.6 is 0 Å². The maximum Gasteiger partial charge on any atom is 0.153 e. The lowest BCUT2D eigenvalue weighted by molar-refractivity contribution is 1.55. The molecule has 0 N–H and O–H groups in total. The van der Waals surface area contributed by atoms with E-state index in [1.807, 2.05) is 0 Å². The molecule has 0 heterocycles. The number of hydrogen-bond donors (Lipinski definition) is 0. The van der Waals surface area contributed by atoms with E-state index in [1.165, 1.54) is 0 Å². The number of hydrogen-bond acceptors (Lipinski definition) is 1. The minimum Gasteiger partial charge on any atom is -0.183 e. The average molecular weight is 219 g/mol. The molecule has 74 valence electrons. The zero-order valence-electron chi connectivity index (χ0n) is 9.02. The highest BCUT2D eigenvalue weighted by atomic mass is 14.2. The van der Waals surface area contributed by atoms with Crippen molar-refractivity contribution in [2.75, 3.05) is 0 Å². The summed E-state index contributed by atoms with van der Waals surface area (Å²) < 4.78 is 0. The van der Waals surface area contributed by atoms with Gasteiger partial charge in [-0.15, -0.1) is 6.42 Å². The van der Waals surface area contributed by atoms with E-state index in [2.05, 4.69) is 88.8 Å². The summed E-state index contributed by atoms with van der Waals surface area (Å²) in [5.41, 5.74) is 0. The van der Waals surface area contributed by atoms with Crippen LogP contribution in [0.4, 0.5) is 0 Å². The van der Waals surface area contributed by atoms with E-state index in [1.54, 1.807) is 6.07 Å². The Labute approximate surface area is 107 Å². The van der Waals surface area contributed by atoms with Crippen LogP contribution in [0.2, 0.25) is 0 Å². The summed E-state index contributed by atoms with van der Waals surface area (Å²) in [5.74, 6) is 35.4. The third kappa shape index (κ3) is 12.0. The van der Waals surface area contributed by atoms with Crippen LogP contribution in [0.1, 0.15) is 0 Å². The fourth-order valence-electron chi connectivity index (χ4n) is 0.439. The molecule has 0 aromatic rings. The first-order chi connectivity index (χ1) is 8.91. The molecule has 0 aliphatic heterocycles. The Bertz CT molecular complexity index is 749. The number of rotatable bonds is 0. The van der Waals surface area contributed by atoms with Crippen molar-refractivity contribution in [3.05, 3.63) is 0 Å². The van der Waals surface area contributed by atoms with Gasteiger partial charge in [0.05, 0.1) is 0 Å². The highest BCUT2D eigenvalue weighted by Crippen LogP contribution is 1.57. The van der Waals surface area contributed by atoms with Crippen molar-refractivity contribution in [1.29, 1.82) is 5.26 Å². The first-order valence-electron chi connectivity index (χ1n) is 4.26.